The van der Waals surface area contributed by atoms with Crippen LogP contribution >= 0.6 is 0 Å². The first-order chi connectivity index (χ1) is 4.74. The lowest BCUT2D eigenvalue weighted by atomic mass is 10.1. The molecule has 50 valence electrons. The molecular formula is C10H10. The van der Waals surface area contributed by atoms with Gasteiger partial charge in [0.05, 0.1) is 0 Å². The summed E-state index contributed by atoms with van der Waals surface area (Å²) in [5.74, 6) is 2.60. The Morgan fingerprint density at radius 3 is 2.40 bits per heavy atom. The maximum atomic E-state index is 5.22. The molecule has 10 heavy (non-hydrogen) atoms. The van der Waals surface area contributed by atoms with Crippen molar-refractivity contribution in [2.45, 2.75) is 13.8 Å². The van der Waals surface area contributed by atoms with Gasteiger partial charge in [0.15, 0.2) is 0 Å². The van der Waals surface area contributed by atoms with Crippen molar-refractivity contribution in [2.24, 2.45) is 0 Å². The molecule has 0 atom stereocenters. The van der Waals surface area contributed by atoms with Gasteiger partial charge in [0.1, 0.15) is 0 Å². The van der Waals surface area contributed by atoms with E-state index in [1.165, 1.54) is 11.1 Å². The Labute approximate surface area is 61.9 Å². The van der Waals surface area contributed by atoms with E-state index in [2.05, 4.69) is 19.8 Å². The molecule has 0 nitrogen and oxygen atoms in total. The fraction of sp³-hybridized carbons (Fsp3) is 0.200. The zero-order valence-electron chi connectivity index (χ0n) is 6.31. The molecule has 0 saturated heterocycles. The molecule has 0 aliphatic heterocycles. The molecule has 0 amide bonds. The quantitative estimate of drug-likeness (QED) is 0.473. The van der Waals surface area contributed by atoms with E-state index in [0.717, 1.165) is 5.56 Å². The molecule has 0 heteroatoms. The first kappa shape index (κ1) is 6.89. The van der Waals surface area contributed by atoms with Crippen LogP contribution in [0.2, 0.25) is 0 Å². The van der Waals surface area contributed by atoms with Crippen molar-refractivity contribution in [3.63, 3.8) is 0 Å². The molecule has 0 radical (unpaired) electrons. The van der Waals surface area contributed by atoms with E-state index in [1.54, 1.807) is 0 Å². The lowest BCUT2D eigenvalue weighted by molar-refractivity contribution is 1.33. The molecule has 0 aliphatic carbocycles. The second-order valence-electron chi connectivity index (χ2n) is 2.44. The van der Waals surface area contributed by atoms with Crippen LogP contribution in [0.25, 0.3) is 0 Å². The molecule has 1 aromatic carbocycles. The molecule has 0 spiro atoms. The Morgan fingerprint density at radius 2 is 1.90 bits per heavy atom. The summed E-state index contributed by atoms with van der Waals surface area (Å²) >= 11 is 0. The zero-order chi connectivity index (χ0) is 7.56. The van der Waals surface area contributed by atoms with Gasteiger partial charge < -0.3 is 0 Å². The third-order valence-electron chi connectivity index (χ3n) is 1.67. The van der Waals surface area contributed by atoms with Crippen LogP contribution in [0.5, 0.6) is 0 Å². The van der Waals surface area contributed by atoms with Crippen molar-refractivity contribution in [1.82, 2.24) is 0 Å². The van der Waals surface area contributed by atoms with E-state index in [9.17, 15) is 0 Å². The summed E-state index contributed by atoms with van der Waals surface area (Å²) in [5, 5.41) is 0. The maximum absolute atomic E-state index is 5.22. The van der Waals surface area contributed by atoms with Gasteiger partial charge in [-0.2, -0.15) is 0 Å². The highest BCUT2D eigenvalue weighted by Gasteiger charge is 1.91. The van der Waals surface area contributed by atoms with Crippen LogP contribution in [0, 0.1) is 26.2 Å². The average molecular weight is 130 g/mol. The molecule has 0 heterocycles. The Kier molecular flexibility index (Phi) is 1.78. The predicted octanol–water partition coefficient (Wildman–Crippen LogP) is 2.28. The van der Waals surface area contributed by atoms with E-state index >= 15 is 0 Å². The Morgan fingerprint density at radius 1 is 1.20 bits per heavy atom. The van der Waals surface area contributed by atoms with Gasteiger partial charge in [-0.1, -0.05) is 12.0 Å². The molecule has 1 rings (SSSR count). The fourth-order valence-corrected chi connectivity index (χ4v) is 0.831. The van der Waals surface area contributed by atoms with Gasteiger partial charge in [-0.3, -0.25) is 0 Å². The summed E-state index contributed by atoms with van der Waals surface area (Å²) in [6.07, 6.45) is 5.22. The summed E-state index contributed by atoms with van der Waals surface area (Å²) in [6.45, 7) is 4.14. The summed E-state index contributed by atoms with van der Waals surface area (Å²) in [7, 11) is 0. The number of benzene rings is 1. The van der Waals surface area contributed by atoms with Crippen LogP contribution < -0.4 is 0 Å². The minimum atomic E-state index is 0.961. The largest absolute Gasteiger partial charge is 0.115 e. The van der Waals surface area contributed by atoms with Crippen molar-refractivity contribution in [3.8, 4) is 12.3 Å². The maximum Gasteiger partial charge on any atom is 0.0245 e. The number of aryl methyl sites for hydroxylation is 2. The van der Waals surface area contributed by atoms with E-state index in [0.29, 0.717) is 0 Å². The highest BCUT2D eigenvalue weighted by molar-refractivity contribution is 5.38. The molecular weight excluding hydrogens is 120 g/mol. The molecule has 0 saturated carbocycles. The molecule has 0 aromatic heterocycles. The van der Waals surface area contributed by atoms with Crippen LogP contribution in [-0.2, 0) is 0 Å². The molecule has 0 fully saturated rings. The summed E-state index contributed by atoms with van der Waals surface area (Å²) in [4.78, 5) is 0. The molecule has 0 N–H and O–H groups in total. The van der Waals surface area contributed by atoms with Gasteiger partial charge in [0.25, 0.3) is 0 Å². The van der Waals surface area contributed by atoms with Gasteiger partial charge in [0.2, 0.25) is 0 Å². The van der Waals surface area contributed by atoms with E-state index < -0.39 is 0 Å². The zero-order valence-corrected chi connectivity index (χ0v) is 6.31. The first-order valence-corrected chi connectivity index (χ1v) is 3.28. The molecule has 0 unspecified atom stereocenters. The molecule has 0 bridgehead atoms. The second kappa shape index (κ2) is 2.58. The third-order valence-corrected chi connectivity index (χ3v) is 1.67. The van der Waals surface area contributed by atoms with Gasteiger partial charge in [-0.25, -0.2) is 0 Å². The van der Waals surface area contributed by atoms with E-state index in [4.69, 9.17) is 6.42 Å². The van der Waals surface area contributed by atoms with Gasteiger partial charge in [0, 0.05) is 5.56 Å². The van der Waals surface area contributed by atoms with E-state index in [-0.39, 0.29) is 0 Å². The first-order valence-electron chi connectivity index (χ1n) is 3.28. The molecule has 1 aromatic rings. The SMILES string of the molecule is C#Cc1ccc(C)c(C)c1. The van der Waals surface area contributed by atoms with Crippen molar-refractivity contribution < 1.29 is 0 Å². The van der Waals surface area contributed by atoms with Crippen molar-refractivity contribution in [1.29, 1.82) is 0 Å². The number of hydrogen-bond acceptors (Lipinski definition) is 0. The minimum absolute atomic E-state index is 0.961. The smallest absolute Gasteiger partial charge is 0.0245 e. The summed E-state index contributed by atoms with van der Waals surface area (Å²) in [6, 6.07) is 6.03. The normalized spacial score (nSPS) is 8.90. The second-order valence-corrected chi connectivity index (χ2v) is 2.44. The van der Waals surface area contributed by atoms with Gasteiger partial charge >= 0.3 is 0 Å². The van der Waals surface area contributed by atoms with Crippen LogP contribution in [0.3, 0.4) is 0 Å². The third kappa shape index (κ3) is 1.19. The Bertz CT molecular complexity index is 277. The predicted molar refractivity (Wildman–Crippen MR) is 43.9 cm³/mol. The van der Waals surface area contributed by atoms with E-state index in [1.807, 2.05) is 18.2 Å². The fourth-order valence-electron chi connectivity index (χ4n) is 0.831. The topological polar surface area (TPSA) is 0 Å². The van der Waals surface area contributed by atoms with Crippen LogP contribution in [0.15, 0.2) is 18.2 Å². The van der Waals surface area contributed by atoms with Crippen LogP contribution in [0.4, 0.5) is 0 Å². The van der Waals surface area contributed by atoms with Crippen LogP contribution in [-0.4, -0.2) is 0 Å². The highest BCUT2D eigenvalue weighted by Crippen LogP contribution is 2.07. The van der Waals surface area contributed by atoms with Crippen molar-refractivity contribution >= 4 is 0 Å². The minimum Gasteiger partial charge on any atom is -0.115 e. The van der Waals surface area contributed by atoms with Crippen molar-refractivity contribution in [2.75, 3.05) is 0 Å². The lowest BCUT2D eigenvalue weighted by Gasteiger charge is -1.97. The van der Waals surface area contributed by atoms with Crippen LogP contribution in [0.1, 0.15) is 16.7 Å². The molecule has 0 aliphatic rings. The standard InChI is InChI=1S/C10H10/c1-4-10-6-5-8(2)9(3)7-10/h1,5-7H,2-3H3. The summed E-state index contributed by atoms with van der Waals surface area (Å²) < 4.78 is 0. The number of rotatable bonds is 0. The Hall–Kier alpha value is -1.22. The highest BCUT2D eigenvalue weighted by atomic mass is 14.0. The number of terminal acetylenes is 1. The van der Waals surface area contributed by atoms with Crippen molar-refractivity contribution in [3.05, 3.63) is 34.9 Å². The van der Waals surface area contributed by atoms with Gasteiger partial charge in [-0.05, 0) is 37.1 Å². The summed E-state index contributed by atoms with van der Waals surface area (Å²) in [5.41, 5.74) is 3.51. The lowest BCUT2D eigenvalue weighted by Crippen LogP contribution is -1.81. The average Bonchev–Trinajstić information content (AvgIpc) is 1.95. The monoisotopic (exact) mass is 130 g/mol. The number of hydrogen-bond donors (Lipinski definition) is 0. The van der Waals surface area contributed by atoms with Gasteiger partial charge in [-0.15, -0.1) is 6.42 Å². The Balaban J connectivity index is 3.20.